The van der Waals surface area contributed by atoms with Gasteiger partial charge in [-0.2, -0.15) is 5.26 Å². The van der Waals surface area contributed by atoms with Gasteiger partial charge in [-0.05, 0) is 49.1 Å². The molecule has 0 bridgehead atoms. The average molecular weight is 396 g/mol. The molecule has 2 amide bonds. The summed E-state index contributed by atoms with van der Waals surface area (Å²) in [5.74, 6) is -0.152. The number of amides is 2. The van der Waals surface area contributed by atoms with Crippen LogP contribution >= 0.6 is 0 Å². The highest BCUT2D eigenvalue weighted by atomic mass is 16.5. The van der Waals surface area contributed by atoms with Crippen molar-refractivity contribution in [3.63, 3.8) is 0 Å². The summed E-state index contributed by atoms with van der Waals surface area (Å²) in [6.45, 7) is 5.11. The second-order valence-electron chi connectivity index (χ2n) is 6.90. The number of nitrogens with zero attached hydrogens (tertiary/aromatic N) is 2. The van der Waals surface area contributed by atoms with Gasteiger partial charge in [0, 0.05) is 25.8 Å². The Labute approximate surface area is 172 Å². The van der Waals surface area contributed by atoms with E-state index in [9.17, 15) is 14.9 Å². The molecule has 0 radical (unpaired) electrons. The molecule has 0 unspecified atom stereocenters. The van der Waals surface area contributed by atoms with E-state index in [1.54, 1.807) is 20.1 Å². The Bertz CT molecular complexity index is 831. The topological polar surface area (TPSA) is 79.6 Å². The van der Waals surface area contributed by atoms with Crippen LogP contribution in [0.3, 0.4) is 0 Å². The van der Waals surface area contributed by atoms with E-state index in [1.165, 1.54) is 0 Å². The molecule has 0 saturated heterocycles. The van der Waals surface area contributed by atoms with Gasteiger partial charge in [-0.3, -0.25) is 14.5 Å². The monoisotopic (exact) mass is 396 g/mol. The van der Waals surface area contributed by atoms with E-state index in [0.29, 0.717) is 30.8 Å². The maximum absolute atomic E-state index is 12.9. The number of methoxy groups -OCH3 is 1. The van der Waals surface area contributed by atoms with Crippen LogP contribution in [-0.2, 0) is 14.3 Å². The van der Waals surface area contributed by atoms with Gasteiger partial charge < -0.3 is 9.47 Å². The van der Waals surface area contributed by atoms with Crippen LogP contribution in [0.4, 0.5) is 0 Å². The molecule has 0 aromatic heterocycles. The van der Waals surface area contributed by atoms with Crippen molar-refractivity contribution in [1.82, 2.24) is 4.90 Å². The quantitative estimate of drug-likeness (QED) is 0.341. The van der Waals surface area contributed by atoms with Crippen molar-refractivity contribution in [1.29, 1.82) is 5.26 Å². The molecule has 1 aliphatic rings. The number of benzene rings is 1. The zero-order valence-electron chi connectivity index (χ0n) is 17.4. The molecule has 154 valence electrons. The van der Waals surface area contributed by atoms with Gasteiger partial charge in [0.2, 0.25) is 0 Å². The molecule has 2 rings (SSSR count). The fraction of sp³-hybridized carbons (Fsp3) is 0.435. The summed E-state index contributed by atoms with van der Waals surface area (Å²) in [6, 6.07) is 9.39. The number of ether oxygens (including phenoxy) is 2. The minimum atomic E-state index is -0.543. The first kappa shape index (κ1) is 22.4. The van der Waals surface area contributed by atoms with Crippen LogP contribution in [0.1, 0.15) is 45.1 Å². The Morgan fingerprint density at radius 3 is 2.41 bits per heavy atom. The van der Waals surface area contributed by atoms with E-state index in [4.69, 9.17) is 9.47 Å². The summed E-state index contributed by atoms with van der Waals surface area (Å²) in [4.78, 5) is 26.5. The molecule has 0 spiro atoms. The molecule has 0 N–H and O–H groups in total. The smallest absolute Gasteiger partial charge is 0.271 e. The molecule has 0 saturated carbocycles. The van der Waals surface area contributed by atoms with Crippen LogP contribution in [0.2, 0.25) is 0 Å². The number of nitriles is 1. The predicted molar refractivity (Wildman–Crippen MR) is 111 cm³/mol. The number of hydrogen-bond donors (Lipinski definition) is 0. The van der Waals surface area contributed by atoms with Crippen molar-refractivity contribution in [3.8, 4) is 11.8 Å². The largest absolute Gasteiger partial charge is 0.494 e. The summed E-state index contributed by atoms with van der Waals surface area (Å²) in [5, 5.41) is 9.41. The zero-order chi connectivity index (χ0) is 21.2. The summed E-state index contributed by atoms with van der Waals surface area (Å²) >= 11 is 0. The Kier molecular flexibility index (Phi) is 8.63. The molecular weight excluding hydrogens is 368 g/mol. The second kappa shape index (κ2) is 11.2. The number of rotatable bonds is 10. The number of unbranched alkanes of at least 4 members (excludes halogenated alkanes) is 2. The summed E-state index contributed by atoms with van der Waals surface area (Å²) < 4.78 is 10.7. The van der Waals surface area contributed by atoms with Gasteiger partial charge in [-0.25, -0.2) is 0 Å². The zero-order valence-corrected chi connectivity index (χ0v) is 17.4. The highest BCUT2D eigenvalue weighted by Crippen LogP contribution is 2.27. The lowest BCUT2D eigenvalue weighted by Gasteiger charge is -2.27. The van der Waals surface area contributed by atoms with E-state index < -0.39 is 5.91 Å². The summed E-state index contributed by atoms with van der Waals surface area (Å²) in [5.41, 5.74) is 1.57. The van der Waals surface area contributed by atoms with Crippen molar-refractivity contribution in [2.75, 3.05) is 26.9 Å². The second-order valence-corrected chi connectivity index (χ2v) is 6.90. The molecule has 0 aliphatic carbocycles. The third-order valence-corrected chi connectivity index (χ3v) is 4.76. The van der Waals surface area contributed by atoms with Crippen LogP contribution < -0.4 is 4.74 Å². The number of imide groups is 1. The van der Waals surface area contributed by atoms with Gasteiger partial charge >= 0.3 is 0 Å². The van der Waals surface area contributed by atoms with Gasteiger partial charge in [-0.1, -0.05) is 31.9 Å². The molecule has 1 aromatic rings. The van der Waals surface area contributed by atoms with E-state index in [1.807, 2.05) is 30.3 Å². The maximum Gasteiger partial charge on any atom is 0.271 e. The van der Waals surface area contributed by atoms with E-state index >= 15 is 0 Å². The first-order valence-electron chi connectivity index (χ1n) is 9.94. The lowest BCUT2D eigenvalue weighted by molar-refractivity contribution is -0.140. The maximum atomic E-state index is 12.9. The third-order valence-electron chi connectivity index (χ3n) is 4.76. The Morgan fingerprint density at radius 1 is 1.07 bits per heavy atom. The molecule has 6 nitrogen and oxygen atoms in total. The van der Waals surface area contributed by atoms with E-state index in [-0.39, 0.29) is 18.0 Å². The van der Waals surface area contributed by atoms with E-state index in [0.717, 1.165) is 35.5 Å². The van der Waals surface area contributed by atoms with Crippen LogP contribution in [-0.4, -0.2) is 43.6 Å². The van der Waals surface area contributed by atoms with Crippen LogP contribution in [0.5, 0.6) is 5.75 Å². The van der Waals surface area contributed by atoms with Gasteiger partial charge in [0.25, 0.3) is 11.8 Å². The molecule has 29 heavy (non-hydrogen) atoms. The van der Waals surface area contributed by atoms with Gasteiger partial charge in [0.1, 0.15) is 17.4 Å². The summed E-state index contributed by atoms with van der Waals surface area (Å²) in [7, 11) is 1.56. The van der Waals surface area contributed by atoms with Crippen LogP contribution in [0.25, 0.3) is 6.08 Å². The molecule has 1 aromatic carbocycles. The van der Waals surface area contributed by atoms with E-state index in [2.05, 4.69) is 6.92 Å². The average Bonchev–Trinajstić information content (AvgIpc) is 2.72. The van der Waals surface area contributed by atoms with Crippen molar-refractivity contribution < 1.29 is 19.1 Å². The number of carbonyl (C=O) groups excluding carboxylic acids is 2. The van der Waals surface area contributed by atoms with Gasteiger partial charge in [0.15, 0.2) is 0 Å². The lowest BCUT2D eigenvalue weighted by Crippen LogP contribution is -2.43. The first-order chi connectivity index (χ1) is 14.0. The normalized spacial score (nSPS) is 15.8. The van der Waals surface area contributed by atoms with Crippen LogP contribution in [0, 0.1) is 11.3 Å². The molecule has 1 heterocycles. The number of carbonyl (C=O) groups is 2. The van der Waals surface area contributed by atoms with Crippen molar-refractivity contribution >= 4 is 17.9 Å². The SMILES string of the molecule is CCCCCOc1ccc(/C=C2/C(=O)N(CCCOC)C(=O)C(C#N)=C2C)cc1. The van der Waals surface area contributed by atoms with Crippen molar-refractivity contribution in [2.45, 2.75) is 39.5 Å². The fourth-order valence-corrected chi connectivity index (χ4v) is 3.07. The van der Waals surface area contributed by atoms with Crippen LogP contribution in [0.15, 0.2) is 41.0 Å². The molecule has 6 heteroatoms. The van der Waals surface area contributed by atoms with Crippen molar-refractivity contribution in [2.24, 2.45) is 0 Å². The Morgan fingerprint density at radius 2 is 1.79 bits per heavy atom. The minimum Gasteiger partial charge on any atom is -0.494 e. The number of hydrogen-bond acceptors (Lipinski definition) is 5. The molecular formula is C23H28N2O4. The van der Waals surface area contributed by atoms with Gasteiger partial charge in [0.05, 0.1) is 6.61 Å². The lowest BCUT2D eigenvalue weighted by atomic mass is 9.93. The fourth-order valence-electron chi connectivity index (χ4n) is 3.07. The highest BCUT2D eigenvalue weighted by molar-refractivity contribution is 6.19. The molecule has 1 aliphatic heterocycles. The molecule has 0 fully saturated rings. The van der Waals surface area contributed by atoms with Gasteiger partial charge in [-0.15, -0.1) is 0 Å². The summed E-state index contributed by atoms with van der Waals surface area (Å²) in [6.07, 6.45) is 5.53. The predicted octanol–water partition coefficient (Wildman–Crippen LogP) is 3.88. The standard InChI is InChI=1S/C23H28N2O4/c1-4-5-6-14-29-19-10-8-18(9-11-19)15-20-17(2)21(16-24)23(27)25(22(20)26)12-7-13-28-3/h8-11,15H,4-7,12-14H2,1-3H3/b20-15+. The highest BCUT2D eigenvalue weighted by Gasteiger charge is 2.34. The minimum absolute atomic E-state index is 0.00384. The first-order valence-corrected chi connectivity index (χ1v) is 9.94. The molecule has 0 atom stereocenters. The Hall–Kier alpha value is -2.91. The van der Waals surface area contributed by atoms with Crippen molar-refractivity contribution in [3.05, 3.63) is 46.5 Å². The Balaban J connectivity index is 2.22. The third kappa shape index (κ3) is 5.78.